The molecule has 124 valence electrons. The van der Waals surface area contributed by atoms with Crippen LogP contribution in [0.4, 0.5) is 5.69 Å². The molecule has 1 aromatic carbocycles. The highest BCUT2D eigenvalue weighted by Crippen LogP contribution is 2.29. The third-order valence-electron chi connectivity index (χ3n) is 2.73. The number of methoxy groups -OCH3 is 1. The van der Waals surface area contributed by atoms with Crippen LogP contribution in [0.5, 0.6) is 5.75 Å². The molecule has 0 aromatic heterocycles. The van der Waals surface area contributed by atoms with Crippen LogP contribution in [0.3, 0.4) is 0 Å². The van der Waals surface area contributed by atoms with E-state index in [1.165, 1.54) is 31.2 Å². The van der Waals surface area contributed by atoms with E-state index >= 15 is 0 Å². The Balaban J connectivity index is 0.00000441. The van der Waals surface area contributed by atoms with Crippen molar-refractivity contribution >= 4 is 41.5 Å². The van der Waals surface area contributed by atoms with E-state index in [0.29, 0.717) is 11.4 Å². The number of nitrogens with zero attached hydrogens (tertiary/aromatic N) is 1. The van der Waals surface area contributed by atoms with Crippen molar-refractivity contribution in [1.82, 2.24) is 10.2 Å². The van der Waals surface area contributed by atoms with E-state index in [1.807, 2.05) is 13.8 Å². The predicted octanol–water partition coefficient (Wildman–Crippen LogP) is 1.95. The Bertz CT molecular complexity index is 550. The first-order valence-corrected chi connectivity index (χ1v) is 6.81. The Labute approximate surface area is 141 Å². The zero-order valence-corrected chi connectivity index (χ0v) is 14.5. The number of nitrogen functional groups attached to an aromatic ring is 1. The summed E-state index contributed by atoms with van der Waals surface area (Å²) in [5.41, 5.74) is 6.26. The number of amides is 2. The molecule has 0 heterocycles. The zero-order valence-electron chi connectivity index (χ0n) is 13.0. The second kappa shape index (κ2) is 8.70. The van der Waals surface area contributed by atoms with Gasteiger partial charge in [0.25, 0.3) is 5.91 Å². The summed E-state index contributed by atoms with van der Waals surface area (Å²) < 4.78 is 5.14. The maximum atomic E-state index is 12.4. The fourth-order valence-corrected chi connectivity index (χ4v) is 1.93. The highest BCUT2D eigenvalue weighted by atomic mass is 35.5. The summed E-state index contributed by atoms with van der Waals surface area (Å²) in [6, 6.07) is 2.94. The van der Waals surface area contributed by atoms with Gasteiger partial charge in [-0.25, -0.2) is 0 Å². The lowest BCUT2D eigenvalue weighted by Crippen LogP contribution is -2.40. The third kappa shape index (κ3) is 5.27. The van der Waals surface area contributed by atoms with Gasteiger partial charge in [0.2, 0.25) is 5.91 Å². The first-order chi connectivity index (χ1) is 9.76. The van der Waals surface area contributed by atoms with Gasteiger partial charge < -0.3 is 20.7 Å². The van der Waals surface area contributed by atoms with Crippen LogP contribution in [0, 0.1) is 0 Å². The fourth-order valence-electron chi connectivity index (χ4n) is 1.77. The summed E-state index contributed by atoms with van der Waals surface area (Å²) in [6.45, 7) is 3.65. The smallest absolute Gasteiger partial charge is 0.257 e. The third-order valence-corrected chi connectivity index (χ3v) is 3.05. The molecule has 0 saturated carbocycles. The Morgan fingerprint density at radius 2 is 2.00 bits per heavy atom. The average Bonchev–Trinajstić information content (AvgIpc) is 2.39. The number of carbonyl (C=O) groups is 2. The van der Waals surface area contributed by atoms with Crippen LogP contribution in [-0.4, -0.2) is 43.5 Å². The van der Waals surface area contributed by atoms with Gasteiger partial charge in [-0.15, -0.1) is 12.4 Å². The van der Waals surface area contributed by atoms with Gasteiger partial charge in [-0.05, 0) is 19.9 Å². The molecule has 0 aliphatic rings. The van der Waals surface area contributed by atoms with Crippen molar-refractivity contribution in [3.63, 3.8) is 0 Å². The molecule has 0 saturated heterocycles. The monoisotopic (exact) mass is 349 g/mol. The second-order valence-corrected chi connectivity index (χ2v) is 5.36. The molecule has 0 fully saturated rings. The molecule has 0 aliphatic heterocycles. The van der Waals surface area contributed by atoms with Crippen molar-refractivity contribution < 1.29 is 14.3 Å². The fraction of sp³-hybridized carbons (Fsp3) is 0.429. The van der Waals surface area contributed by atoms with Crippen molar-refractivity contribution in [1.29, 1.82) is 0 Å². The van der Waals surface area contributed by atoms with Gasteiger partial charge in [-0.2, -0.15) is 0 Å². The number of hydrogen-bond acceptors (Lipinski definition) is 4. The number of anilines is 1. The highest BCUT2D eigenvalue weighted by molar-refractivity contribution is 6.33. The summed E-state index contributed by atoms with van der Waals surface area (Å²) in [7, 11) is 2.97. The first kappa shape index (κ1) is 20.3. The number of nitrogens with two attached hydrogens (primary N) is 1. The molecule has 6 nitrogen and oxygen atoms in total. The Morgan fingerprint density at radius 3 is 2.50 bits per heavy atom. The molecule has 0 atom stereocenters. The van der Waals surface area contributed by atoms with Crippen LogP contribution in [0.15, 0.2) is 12.1 Å². The van der Waals surface area contributed by atoms with Gasteiger partial charge in [0.05, 0.1) is 29.9 Å². The number of benzene rings is 1. The maximum Gasteiger partial charge on any atom is 0.257 e. The number of hydrogen-bond donors (Lipinski definition) is 2. The van der Waals surface area contributed by atoms with E-state index in [4.69, 9.17) is 22.1 Å². The largest absolute Gasteiger partial charge is 0.496 e. The number of carbonyl (C=O) groups excluding carboxylic acids is 2. The first-order valence-electron chi connectivity index (χ1n) is 6.44. The van der Waals surface area contributed by atoms with Crippen LogP contribution in [-0.2, 0) is 4.79 Å². The molecule has 3 N–H and O–H groups in total. The summed E-state index contributed by atoms with van der Waals surface area (Å²) in [4.78, 5) is 25.4. The molecule has 0 spiro atoms. The highest BCUT2D eigenvalue weighted by Gasteiger charge is 2.20. The van der Waals surface area contributed by atoms with Crippen LogP contribution < -0.4 is 15.8 Å². The van der Waals surface area contributed by atoms with Gasteiger partial charge in [-0.1, -0.05) is 11.6 Å². The normalized spacial score (nSPS) is 9.91. The van der Waals surface area contributed by atoms with E-state index < -0.39 is 0 Å². The maximum absolute atomic E-state index is 12.4. The molecule has 2 amide bonds. The van der Waals surface area contributed by atoms with E-state index in [2.05, 4.69) is 5.32 Å². The van der Waals surface area contributed by atoms with Gasteiger partial charge in [0.15, 0.2) is 0 Å². The molecule has 0 unspecified atom stereocenters. The molecular formula is C14H21Cl2N3O3. The second-order valence-electron chi connectivity index (χ2n) is 4.96. The van der Waals surface area contributed by atoms with E-state index in [9.17, 15) is 9.59 Å². The Morgan fingerprint density at radius 1 is 1.41 bits per heavy atom. The van der Waals surface area contributed by atoms with Gasteiger partial charge >= 0.3 is 0 Å². The van der Waals surface area contributed by atoms with Crippen LogP contribution in [0.2, 0.25) is 5.02 Å². The molecule has 1 rings (SSSR count). The lowest BCUT2D eigenvalue weighted by atomic mass is 10.1. The minimum atomic E-state index is -0.368. The van der Waals surface area contributed by atoms with Gasteiger partial charge in [0.1, 0.15) is 5.75 Å². The minimum absolute atomic E-state index is 0. The quantitative estimate of drug-likeness (QED) is 0.795. The topological polar surface area (TPSA) is 84.7 Å². The SMILES string of the molecule is COc1cc(N)c(Cl)cc1C(=O)N(C)CC(=O)NC(C)C.Cl. The molecule has 0 bridgehead atoms. The summed E-state index contributed by atoms with van der Waals surface area (Å²) in [6.07, 6.45) is 0. The number of nitrogens with one attached hydrogen (secondary N) is 1. The van der Waals surface area contributed by atoms with Crippen molar-refractivity contribution in [3.05, 3.63) is 22.7 Å². The predicted molar refractivity (Wildman–Crippen MR) is 89.9 cm³/mol. The standard InChI is InChI=1S/C14H20ClN3O3.ClH/c1-8(2)17-13(19)7-18(3)14(20)9-5-10(15)11(16)6-12(9)21-4;/h5-6,8H,7,16H2,1-4H3,(H,17,19);1H. The number of likely N-dealkylation sites (N-methyl/N-ethyl adjacent to an activating group) is 1. The molecule has 8 heteroatoms. The van der Waals surface area contributed by atoms with E-state index in [1.54, 1.807) is 0 Å². The van der Waals surface area contributed by atoms with Crippen LogP contribution in [0.1, 0.15) is 24.2 Å². The molecule has 0 radical (unpaired) electrons. The lowest BCUT2D eigenvalue weighted by Gasteiger charge is -2.19. The van der Waals surface area contributed by atoms with Gasteiger partial charge in [-0.3, -0.25) is 9.59 Å². The summed E-state index contributed by atoms with van der Waals surface area (Å²) >= 11 is 5.94. The van der Waals surface area contributed by atoms with Gasteiger partial charge in [0, 0.05) is 19.2 Å². The number of halogens is 2. The Kier molecular flexibility index (Phi) is 8.05. The van der Waals surface area contributed by atoms with Crippen molar-refractivity contribution in [2.45, 2.75) is 19.9 Å². The zero-order chi connectivity index (χ0) is 16.2. The van der Waals surface area contributed by atoms with Crippen LogP contribution in [0.25, 0.3) is 0 Å². The minimum Gasteiger partial charge on any atom is -0.496 e. The molecule has 22 heavy (non-hydrogen) atoms. The lowest BCUT2D eigenvalue weighted by molar-refractivity contribution is -0.122. The summed E-state index contributed by atoms with van der Waals surface area (Å²) in [5.74, 6) is -0.285. The summed E-state index contributed by atoms with van der Waals surface area (Å²) in [5, 5.41) is 2.98. The van der Waals surface area contributed by atoms with Crippen molar-refractivity contribution in [3.8, 4) is 5.75 Å². The Hall–Kier alpha value is -1.66. The van der Waals surface area contributed by atoms with Crippen molar-refractivity contribution in [2.75, 3.05) is 26.4 Å². The number of rotatable bonds is 5. The average molecular weight is 350 g/mol. The van der Waals surface area contributed by atoms with Crippen molar-refractivity contribution in [2.24, 2.45) is 0 Å². The molecule has 0 aliphatic carbocycles. The van der Waals surface area contributed by atoms with E-state index in [0.717, 1.165) is 0 Å². The van der Waals surface area contributed by atoms with E-state index in [-0.39, 0.29) is 47.4 Å². The number of ether oxygens (including phenoxy) is 1. The van der Waals surface area contributed by atoms with Crippen LogP contribution >= 0.6 is 24.0 Å². The molecule has 1 aromatic rings. The molecular weight excluding hydrogens is 329 g/mol.